The number of methoxy groups -OCH3 is 2. The first-order chi connectivity index (χ1) is 14.2. The van der Waals surface area contributed by atoms with Crippen molar-refractivity contribution < 1.29 is 9.47 Å². The lowest BCUT2D eigenvalue weighted by molar-refractivity contribution is 0.141. The highest BCUT2D eigenvalue weighted by Gasteiger charge is 2.30. The number of anilines is 1. The lowest BCUT2D eigenvalue weighted by Crippen LogP contribution is -2.51. The van der Waals surface area contributed by atoms with Gasteiger partial charge in [0.2, 0.25) is 0 Å². The Morgan fingerprint density at radius 3 is 2.17 bits per heavy atom. The van der Waals surface area contributed by atoms with Crippen molar-refractivity contribution in [3.8, 4) is 11.5 Å². The highest BCUT2D eigenvalue weighted by molar-refractivity contribution is 5.58. The summed E-state index contributed by atoms with van der Waals surface area (Å²) < 4.78 is 11.2. The van der Waals surface area contributed by atoms with Gasteiger partial charge < -0.3 is 14.4 Å². The van der Waals surface area contributed by atoms with Gasteiger partial charge in [-0.3, -0.25) is 4.90 Å². The number of hydrogen-bond acceptors (Lipinski definition) is 4. The van der Waals surface area contributed by atoms with Gasteiger partial charge in [0.25, 0.3) is 0 Å². The maximum absolute atomic E-state index is 5.67. The summed E-state index contributed by atoms with van der Waals surface area (Å²) in [5.74, 6) is 2.68. The SMILES string of the molecule is COc1ccccc1N1CCN([C@H]2CC[C@H](c3ccc(C)cc3OC)CC2)CC1. The minimum Gasteiger partial charge on any atom is -0.496 e. The van der Waals surface area contributed by atoms with Crippen LogP contribution in [0.3, 0.4) is 0 Å². The van der Waals surface area contributed by atoms with Crippen molar-refractivity contribution in [2.24, 2.45) is 0 Å². The van der Waals surface area contributed by atoms with E-state index in [1.54, 1.807) is 14.2 Å². The fourth-order valence-corrected chi connectivity index (χ4v) is 5.13. The highest BCUT2D eigenvalue weighted by Crippen LogP contribution is 2.39. The zero-order valence-electron chi connectivity index (χ0n) is 18.1. The molecule has 0 bridgehead atoms. The number of ether oxygens (including phenoxy) is 2. The molecule has 156 valence electrons. The number of para-hydroxylation sites is 2. The molecule has 0 N–H and O–H groups in total. The van der Waals surface area contributed by atoms with Gasteiger partial charge in [0.05, 0.1) is 19.9 Å². The fourth-order valence-electron chi connectivity index (χ4n) is 5.13. The fraction of sp³-hybridized carbons (Fsp3) is 0.520. The number of nitrogens with zero attached hydrogens (tertiary/aromatic N) is 2. The van der Waals surface area contributed by atoms with E-state index in [1.165, 1.54) is 42.5 Å². The van der Waals surface area contributed by atoms with Crippen LogP contribution in [0.15, 0.2) is 42.5 Å². The van der Waals surface area contributed by atoms with E-state index >= 15 is 0 Å². The van der Waals surface area contributed by atoms with E-state index in [2.05, 4.69) is 53.1 Å². The molecule has 0 spiro atoms. The zero-order valence-corrected chi connectivity index (χ0v) is 18.1. The summed E-state index contributed by atoms with van der Waals surface area (Å²) in [5, 5.41) is 0. The summed E-state index contributed by atoms with van der Waals surface area (Å²) in [6.07, 6.45) is 5.10. The van der Waals surface area contributed by atoms with E-state index in [0.29, 0.717) is 5.92 Å². The average Bonchev–Trinajstić information content (AvgIpc) is 2.79. The van der Waals surface area contributed by atoms with Gasteiger partial charge in [-0.15, -0.1) is 0 Å². The second-order valence-corrected chi connectivity index (χ2v) is 8.45. The Morgan fingerprint density at radius 2 is 1.48 bits per heavy atom. The summed E-state index contributed by atoms with van der Waals surface area (Å²) in [7, 11) is 3.56. The van der Waals surface area contributed by atoms with Crippen LogP contribution in [0, 0.1) is 6.92 Å². The van der Waals surface area contributed by atoms with Crippen molar-refractivity contribution in [3.63, 3.8) is 0 Å². The molecule has 4 heteroatoms. The molecule has 1 aliphatic heterocycles. The molecule has 2 aliphatic rings. The maximum Gasteiger partial charge on any atom is 0.142 e. The molecule has 0 aromatic heterocycles. The molecule has 2 fully saturated rings. The third-order valence-electron chi connectivity index (χ3n) is 6.78. The number of rotatable bonds is 5. The van der Waals surface area contributed by atoms with Crippen LogP contribution in [0.1, 0.15) is 42.7 Å². The highest BCUT2D eigenvalue weighted by atomic mass is 16.5. The minimum atomic E-state index is 0.636. The Kier molecular flexibility index (Phi) is 6.29. The van der Waals surface area contributed by atoms with Crippen molar-refractivity contribution in [1.29, 1.82) is 0 Å². The van der Waals surface area contributed by atoms with Gasteiger partial charge >= 0.3 is 0 Å². The Hall–Kier alpha value is -2.20. The van der Waals surface area contributed by atoms with Crippen LogP contribution in [0.4, 0.5) is 5.69 Å². The summed E-state index contributed by atoms with van der Waals surface area (Å²) in [5.41, 5.74) is 3.90. The Bertz CT molecular complexity index is 806. The first kappa shape index (κ1) is 20.1. The second-order valence-electron chi connectivity index (χ2n) is 8.45. The normalized spacial score (nSPS) is 23.1. The van der Waals surface area contributed by atoms with Gasteiger partial charge in [0.1, 0.15) is 11.5 Å². The molecule has 1 saturated carbocycles. The number of hydrogen-bond donors (Lipinski definition) is 0. The van der Waals surface area contributed by atoms with Crippen LogP contribution in [0.2, 0.25) is 0 Å². The van der Waals surface area contributed by atoms with Crippen LogP contribution in [-0.2, 0) is 0 Å². The van der Waals surface area contributed by atoms with Crippen LogP contribution < -0.4 is 14.4 Å². The molecular weight excluding hydrogens is 360 g/mol. The molecule has 0 unspecified atom stereocenters. The molecule has 1 heterocycles. The smallest absolute Gasteiger partial charge is 0.142 e. The summed E-state index contributed by atoms with van der Waals surface area (Å²) >= 11 is 0. The summed E-state index contributed by atoms with van der Waals surface area (Å²) in [6.45, 7) is 6.56. The van der Waals surface area contributed by atoms with E-state index in [-0.39, 0.29) is 0 Å². The molecule has 1 aliphatic carbocycles. The quantitative estimate of drug-likeness (QED) is 0.723. The Balaban J connectivity index is 1.32. The molecule has 1 saturated heterocycles. The third kappa shape index (κ3) is 4.37. The second kappa shape index (κ2) is 9.08. The summed E-state index contributed by atoms with van der Waals surface area (Å²) in [6, 6.07) is 15.8. The first-order valence-electron chi connectivity index (χ1n) is 11.0. The van der Waals surface area contributed by atoms with Crippen molar-refractivity contribution in [2.75, 3.05) is 45.3 Å². The van der Waals surface area contributed by atoms with Crippen LogP contribution >= 0.6 is 0 Å². The van der Waals surface area contributed by atoms with Crippen molar-refractivity contribution >= 4 is 5.69 Å². The van der Waals surface area contributed by atoms with E-state index in [0.717, 1.165) is 43.7 Å². The lowest BCUT2D eigenvalue weighted by atomic mass is 9.80. The van der Waals surface area contributed by atoms with Crippen LogP contribution in [0.5, 0.6) is 11.5 Å². The van der Waals surface area contributed by atoms with Gasteiger partial charge in [-0.1, -0.05) is 24.3 Å². The maximum atomic E-state index is 5.67. The van der Waals surface area contributed by atoms with Gasteiger partial charge in [0.15, 0.2) is 0 Å². The number of benzene rings is 2. The van der Waals surface area contributed by atoms with Gasteiger partial charge in [-0.25, -0.2) is 0 Å². The van der Waals surface area contributed by atoms with E-state index in [1.807, 2.05) is 6.07 Å². The van der Waals surface area contributed by atoms with E-state index in [4.69, 9.17) is 9.47 Å². The van der Waals surface area contributed by atoms with Gasteiger partial charge in [-0.2, -0.15) is 0 Å². The lowest BCUT2D eigenvalue weighted by Gasteiger charge is -2.43. The molecular formula is C25H34N2O2. The molecule has 2 aromatic carbocycles. The predicted molar refractivity (Wildman–Crippen MR) is 120 cm³/mol. The molecule has 0 atom stereocenters. The topological polar surface area (TPSA) is 24.9 Å². The van der Waals surface area contributed by atoms with E-state index in [9.17, 15) is 0 Å². The Labute approximate surface area is 175 Å². The predicted octanol–water partition coefficient (Wildman–Crippen LogP) is 4.86. The largest absolute Gasteiger partial charge is 0.496 e. The van der Waals surface area contributed by atoms with E-state index < -0.39 is 0 Å². The minimum absolute atomic E-state index is 0.636. The molecule has 4 nitrogen and oxygen atoms in total. The van der Waals surface area contributed by atoms with Crippen molar-refractivity contribution in [2.45, 2.75) is 44.6 Å². The van der Waals surface area contributed by atoms with Gasteiger partial charge in [-0.05, 0) is 67.9 Å². The average molecular weight is 395 g/mol. The Morgan fingerprint density at radius 1 is 0.793 bits per heavy atom. The molecule has 2 aromatic rings. The number of aryl methyl sites for hydroxylation is 1. The molecule has 29 heavy (non-hydrogen) atoms. The third-order valence-corrected chi connectivity index (χ3v) is 6.78. The molecule has 0 radical (unpaired) electrons. The first-order valence-corrected chi connectivity index (χ1v) is 11.0. The van der Waals surface area contributed by atoms with Crippen LogP contribution in [-0.4, -0.2) is 51.3 Å². The summed E-state index contributed by atoms with van der Waals surface area (Å²) in [4.78, 5) is 5.19. The molecule has 4 rings (SSSR count). The van der Waals surface area contributed by atoms with Crippen molar-refractivity contribution in [1.82, 2.24) is 4.90 Å². The number of piperazine rings is 1. The monoisotopic (exact) mass is 394 g/mol. The molecule has 0 amide bonds. The standard InChI is InChI=1S/C25H34N2O2/c1-19-8-13-22(25(18-19)29-3)20-9-11-21(12-10-20)26-14-16-27(17-15-26)23-6-4-5-7-24(23)28-2/h4-8,13,18,20-21H,9-12,14-17H2,1-3H3/t20-,21-. The zero-order chi connectivity index (χ0) is 20.2. The van der Waals surface area contributed by atoms with Crippen LogP contribution in [0.25, 0.3) is 0 Å². The van der Waals surface area contributed by atoms with Gasteiger partial charge in [0, 0.05) is 32.2 Å². The van der Waals surface area contributed by atoms with Crippen molar-refractivity contribution in [3.05, 3.63) is 53.6 Å².